The van der Waals surface area contributed by atoms with E-state index in [4.69, 9.17) is 0 Å². The Morgan fingerprint density at radius 2 is 1.00 bits per heavy atom. The molecule has 2 heterocycles. The molecular weight excluding hydrogens is 558 g/mol. The molecule has 2 aromatic carbocycles. The van der Waals surface area contributed by atoms with Gasteiger partial charge in [0.2, 0.25) is 0 Å². The Balaban J connectivity index is 0.00000306. The third kappa shape index (κ3) is 7.13. The third-order valence-electron chi connectivity index (χ3n) is 5.38. The van der Waals surface area contributed by atoms with Gasteiger partial charge in [0.25, 0.3) is 0 Å². The molecule has 4 aromatic rings. The molecule has 0 spiro atoms. The molecule has 0 fully saturated rings. The van der Waals surface area contributed by atoms with E-state index in [1.54, 1.807) is 24.5 Å². The van der Waals surface area contributed by atoms with Gasteiger partial charge in [0, 0.05) is 34.6 Å². The van der Waals surface area contributed by atoms with Crippen LogP contribution in [0.3, 0.4) is 0 Å². The summed E-state index contributed by atoms with van der Waals surface area (Å²) in [5.41, 5.74) is 6.26. The Bertz CT molecular complexity index is 1180. The second kappa shape index (κ2) is 15.3. The Hall–Kier alpha value is -2.79. The zero-order chi connectivity index (χ0) is 22.5. The minimum atomic E-state index is 0. The number of phenols is 2. The first-order valence-electron chi connectivity index (χ1n) is 10.4. The minimum Gasteiger partial charge on any atom is -1.00 e. The molecule has 186 valence electrons. The summed E-state index contributed by atoms with van der Waals surface area (Å²) in [5, 5.41) is 21.1. The number of hydrogen-bond acceptors (Lipinski definition) is 4. The van der Waals surface area contributed by atoms with Gasteiger partial charge in [0.05, 0.1) is 11.4 Å². The summed E-state index contributed by atoms with van der Waals surface area (Å²) in [4.78, 5) is 9.09. The number of phenolic OH excluding ortho intramolecular Hbond substituents is 2. The summed E-state index contributed by atoms with van der Waals surface area (Å²) >= 11 is 0. The van der Waals surface area contributed by atoms with Crippen LogP contribution in [0.1, 0.15) is 11.1 Å². The fraction of sp³-hybridized carbons (Fsp3) is 0.0714. The third-order valence-corrected chi connectivity index (χ3v) is 5.38. The molecule has 0 saturated heterocycles. The molecule has 4 nitrogen and oxygen atoms in total. The SMILES string of the molecule is C=CCc1cccc(-c2ccc(-c3ccc(-c4cccc(CC=C)c4O)cn3)nc2)c1O.[Cl-].[Cl-].[Cl-].[Mn+3]. The Kier molecular flexibility index (Phi) is 14.2. The number of pyridine rings is 2. The quantitative estimate of drug-likeness (QED) is 0.185. The summed E-state index contributed by atoms with van der Waals surface area (Å²) < 4.78 is 0. The molecule has 2 aromatic heterocycles. The maximum atomic E-state index is 10.6. The van der Waals surface area contributed by atoms with Crippen molar-refractivity contribution in [2.24, 2.45) is 0 Å². The molecule has 0 atom stereocenters. The van der Waals surface area contributed by atoms with Crippen LogP contribution in [0.2, 0.25) is 0 Å². The topological polar surface area (TPSA) is 66.2 Å². The van der Waals surface area contributed by atoms with Gasteiger partial charge in [0.1, 0.15) is 11.5 Å². The van der Waals surface area contributed by atoms with Crippen LogP contribution >= 0.6 is 0 Å². The number of para-hydroxylation sites is 2. The van der Waals surface area contributed by atoms with Gasteiger partial charge >= 0.3 is 17.1 Å². The van der Waals surface area contributed by atoms with Crippen molar-refractivity contribution < 1.29 is 64.5 Å². The van der Waals surface area contributed by atoms with Crippen LogP contribution in [0.25, 0.3) is 33.6 Å². The Morgan fingerprint density at radius 1 is 0.611 bits per heavy atom. The second-order valence-corrected chi connectivity index (χ2v) is 7.48. The maximum Gasteiger partial charge on any atom is 3.00 e. The first-order chi connectivity index (χ1) is 15.6. The largest absolute Gasteiger partial charge is 3.00 e. The van der Waals surface area contributed by atoms with Crippen molar-refractivity contribution in [3.63, 3.8) is 0 Å². The van der Waals surface area contributed by atoms with Crippen molar-refractivity contribution in [3.8, 4) is 45.1 Å². The monoisotopic (exact) mass is 580 g/mol. The number of hydrogen-bond donors (Lipinski definition) is 2. The van der Waals surface area contributed by atoms with Crippen molar-refractivity contribution in [1.82, 2.24) is 9.97 Å². The van der Waals surface area contributed by atoms with Crippen molar-refractivity contribution in [2.75, 3.05) is 0 Å². The van der Waals surface area contributed by atoms with Crippen LogP contribution in [0.4, 0.5) is 0 Å². The van der Waals surface area contributed by atoms with E-state index in [1.807, 2.05) is 60.7 Å². The Labute approximate surface area is 240 Å². The van der Waals surface area contributed by atoms with Crippen molar-refractivity contribution >= 4 is 0 Å². The van der Waals surface area contributed by atoms with Crippen LogP contribution in [-0.4, -0.2) is 20.2 Å². The standard InChI is InChI=1S/C28H24N2O2.3ClH.Mn/c1-3-7-19-9-5-11-23(27(19)31)21-13-15-25(29-17-21)26-16-14-22(18-30-26)24-12-6-10-20(8-4-2)28(24)32;;;;/h3-6,9-18,31-32H,1-2,7-8H2;3*1H;/q;;;;+3/p-3. The van der Waals surface area contributed by atoms with E-state index in [2.05, 4.69) is 23.1 Å². The fourth-order valence-corrected chi connectivity index (χ4v) is 3.70. The number of nitrogens with zero attached hydrogens (tertiary/aromatic N) is 2. The predicted octanol–water partition coefficient (Wildman–Crippen LogP) is -2.64. The molecule has 0 aliphatic carbocycles. The van der Waals surface area contributed by atoms with E-state index in [0.717, 1.165) is 44.8 Å². The number of allylic oxidation sites excluding steroid dienone is 2. The summed E-state index contributed by atoms with van der Waals surface area (Å²) in [7, 11) is 0. The van der Waals surface area contributed by atoms with Gasteiger partial charge in [0.15, 0.2) is 0 Å². The number of aromatic hydroxyl groups is 2. The van der Waals surface area contributed by atoms with Gasteiger partial charge in [-0.05, 0) is 36.1 Å². The zero-order valence-electron chi connectivity index (χ0n) is 19.2. The van der Waals surface area contributed by atoms with E-state index in [9.17, 15) is 10.2 Å². The average Bonchev–Trinajstić information content (AvgIpc) is 2.82. The normalized spacial score (nSPS) is 9.44. The Morgan fingerprint density at radius 3 is 1.31 bits per heavy atom. The van der Waals surface area contributed by atoms with Gasteiger partial charge < -0.3 is 47.4 Å². The number of aromatic nitrogens is 2. The van der Waals surface area contributed by atoms with Gasteiger partial charge in [-0.1, -0.05) is 60.7 Å². The summed E-state index contributed by atoms with van der Waals surface area (Å²) in [5.74, 6) is 0.505. The van der Waals surface area contributed by atoms with E-state index in [0.29, 0.717) is 12.8 Å². The number of halogens is 3. The van der Waals surface area contributed by atoms with E-state index < -0.39 is 0 Å². The van der Waals surface area contributed by atoms with Gasteiger partial charge in [-0.15, -0.1) is 13.2 Å². The molecule has 0 radical (unpaired) electrons. The summed E-state index contributed by atoms with van der Waals surface area (Å²) in [6.07, 6.45) is 8.22. The first-order valence-corrected chi connectivity index (χ1v) is 10.4. The molecule has 0 bridgehead atoms. The first kappa shape index (κ1) is 33.2. The van der Waals surface area contributed by atoms with Gasteiger partial charge in [-0.3, -0.25) is 9.97 Å². The maximum absolute atomic E-state index is 10.6. The molecule has 0 aliphatic rings. The second-order valence-electron chi connectivity index (χ2n) is 7.48. The zero-order valence-corrected chi connectivity index (χ0v) is 22.7. The molecule has 2 N–H and O–H groups in total. The predicted molar refractivity (Wildman–Crippen MR) is 129 cm³/mol. The summed E-state index contributed by atoms with van der Waals surface area (Å²) in [6, 6.07) is 19.0. The van der Waals surface area contributed by atoms with Crippen molar-refractivity contribution in [2.45, 2.75) is 12.8 Å². The van der Waals surface area contributed by atoms with Crippen LogP contribution in [0, 0.1) is 0 Å². The van der Waals surface area contributed by atoms with Crippen LogP contribution < -0.4 is 37.2 Å². The molecule has 8 heteroatoms. The molecule has 0 saturated carbocycles. The van der Waals surface area contributed by atoms with Crippen molar-refractivity contribution in [1.29, 1.82) is 0 Å². The number of benzene rings is 2. The van der Waals surface area contributed by atoms with E-state index in [-0.39, 0.29) is 65.8 Å². The molecule has 0 amide bonds. The molecule has 4 rings (SSSR count). The van der Waals surface area contributed by atoms with E-state index >= 15 is 0 Å². The smallest absolute Gasteiger partial charge is 1.00 e. The van der Waals surface area contributed by atoms with Gasteiger partial charge in [-0.2, -0.15) is 0 Å². The molecular formula is C28H24Cl3MnN2O2. The summed E-state index contributed by atoms with van der Waals surface area (Å²) in [6.45, 7) is 7.48. The molecule has 36 heavy (non-hydrogen) atoms. The van der Waals surface area contributed by atoms with Crippen molar-refractivity contribution in [3.05, 3.63) is 109 Å². The number of rotatable bonds is 7. The average molecular weight is 582 g/mol. The van der Waals surface area contributed by atoms with E-state index in [1.165, 1.54) is 0 Å². The molecule has 0 aliphatic heterocycles. The van der Waals surface area contributed by atoms with Crippen LogP contribution in [0.15, 0.2) is 98.4 Å². The van der Waals surface area contributed by atoms with Crippen LogP contribution in [-0.2, 0) is 29.9 Å². The minimum absolute atomic E-state index is 0. The van der Waals surface area contributed by atoms with Crippen LogP contribution in [0.5, 0.6) is 11.5 Å². The van der Waals surface area contributed by atoms with Gasteiger partial charge in [-0.25, -0.2) is 0 Å². The molecule has 0 unspecified atom stereocenters. The fourth-order valence-electron chi connectivity index (χ4n) is 3.70.